The molecule has 2 saturated heterocycles. The average molecular weight is 306 g/mol. The molecule has 22 heavy (non-hydrogen) atoms. The molecule has 0 radical (unpaired) electrons. The Bertz CT molecular complexity index is 523. The lowest BCUT2D eigenvalue weighted by Gasteiger charge is -2.21. The number of likely N-dealkylation sites (tertiary alicyclic amines) is 1. The Morgan fingerprint density at radius 2 is 1.77 bits per heavy atom. The number of rotatable bonds is 4. The summed E-state index contributed by atoms with van der Waals surface area (Å²) in [5.74, 6) is 1.81. The minimum absolute atomic E-state index is 0.0406. The maximum absolute atomic E-state index is 12.5. The van der Waals surface area contributed by atoms with Gasteiger partial charge in [0, 0.05) is 26.2 Å². The van der Waals surface area contributed by atoms with Gasteiger partial charge in [0.25, 0.3) is 0 Å². The number of carbonyl (C=O) groups is 1. The summed E-state index contributed by atoms with van der Waals surface area (Å²) in [5.41, 5.74) is 0. The largest absolute Gasteiger partial charge is 0.481 e. The van der Waals surface area contributed by atoms with Crippen LogP contribution in [0, 0.1) is 5.92 Å². The van der Waals surface area contributed by atoms with Gasteiger partial charge in [0.2, 0.25) is 23.6 Å². The number of anilines is 1. The summed E-state index contributed by atoms with van der Waals surface area (Å²) in [7, 11) is 3.13. The molecular weight excluding hydrogens is 284 g/mol. The molecule has 3 heterocycles. The van der Waals surface area contributed by atoms with Crippen LogP contribution in [0.5, 0.6) is 11.8 Å². The number of hydrogen-bond donors (Lipinski definition) is 0. The fourth-order valence-electron chi connectivity index (χ4n) is 3.08. The molecule has 0 saturated carbocycles. The zero-order valence-electron chi connectivity index (χ0n) is 13.1. The van der Waals surface area contributed by atoms with Gasteiger partial charge in [-0.05, 0) is 19.3 Å². The third-order valence-corrected chi connectivity index (χ3v) is 4.32. The van der Waals surface area contributed by atoms with E-state index in [-0.39, 0.29) is 11.8 Å². The van der Waals surface area contributed by atoms with Gasteiger partial charge in [0.15, 0.2) is 0 Å². The van der Waals surface area contributed by atoms with Gasteiger partial charge >= 0.3 is 0 Å². The molecule has 0 aromatic carbocycles. The van der Waals surface area contributed by atoms with Gasteiger partial charge in [-0.1, -0.05) is 0 Å². The Labute approximate surface area is 130 Å². The molecule has 7 heteroatoms. The molecule has 1 atom stereocenters. The lowest BCUT2D eigenvalue weighted by atomic mass is 10.1. The minimum atomic E-state index is 0.0406. The van der Waals surface area contributed by atoms with E-state index in [0.717, 1.165) is 38.9 Å². The van der Waals surface area contributed by atoms with Crippen molar-refractivity contribution in [1.29, 1.82) is 0 Å². The number of carbonyl (C=O) groups excluding carboxylic acids is 1. The Morgan fingerprint density at radius 3 is 2.36 bits per heavy atom. The van der Waals surface area contributed by atoms with E-state index in [1.54, 1.807) is 20.3 Å². The van der Waals surface area contributed by atoms with Crippen molar-refractivity contribution < 1.29 is 14.3 Å². The lowest BCUT2D eigenvalue weighted by molar-refractivity contribution is -0.133. The van der Waals surface area contributed by atoms with Crippen molar-refractivity contribution in [2.45, 2.75) is 19.3 Å². The number of aromatic nitrogens is 2. The highest BCUT2D eigenvalue weighted by molar-refractivity contribution is 5.80. The van der Waals surface area contributed by atoms with Crippen molar-refractivity contribution in [2.24, 2.45) is 5.92 Å². The molecule has 1 unspecified atom stereocenters. The van der Waals surface area contributed by atoms with Gasteiger partial charge in [0.05, 0.1) is 26.2 Å². The molecular formula is C15H22N4O3. The fourth-order valence-corrected chi connectivity index (χ4v) is 3.08. The van der Waals surface area contributed by atoms with Gasteiger partial charge in [-0.2, -0.15) is 9.97 Å². The van der Waals surface area contributed by atoms with Crippen molar-refractivity contribution in [3.8, 4) is 11.8 Å². The third kappa shape index (κ3) is 2.93. The Balaban J connectivity index is 1.70. The van der Waals surface area contributed by atoms with Crippen LogP contribution in [0.25, 0.3) is 0 Å². The number of amides is 1. The maximum Gasteiger partial charge on any atom is 0.231 e. The second-order valence-corrected chi connectivity index (χ2v) is 5.72. The Morgan fingerprint density at radius 1 is 1.14 bits per heavy atom. The van der Waals surface area contributed by atoms with Crippen LogP contribution in [0.3, 0.4) is 0 Å². The van der Waals surface area contributed by atoms with Crippen LogP contribution in [0.15, 0.2) is 6.07 Å². The van der Waals surface area contributed by atoms with Crippen molar-refractivity contribution in [1.82, 2.24) is 14.9 Å². The number of methoxy groups -OCH3 is 2. The summed E-state index contributed by atoms with van der Waals surface area (Å²) in [6.45, 7) is 3.24. The zero-order chi connectivity index (χ0) is 15.5. The van der Waals surface area contributed by atoms with Gasteiger partial charge in [-0.25, -0.2) is 0 Å². The van der Waals surface area contributed by atoms with E-state index in [2.05, 4.69) is 9.97 Å². The predicted octanol–water partition coefficient (Wildman–Crippen LogP) is 0.942. The number of ether oxygens (including phenoxy) is 2. The molecule has 0 N–H and O–H groups in total. The SMILES string of the molecule is COc1cc(OC)nc(N2CCC(C(=O)N3CCCC3)C2)n1. The van der Waals surface area contributed by atoms with Crippen molar-refractivity contribution in [3.63, 3.8) is 0 Å². The summed E-state index contributed by atoms with van der Waals surface area (Å²) in [4.78, 5) is 25.2. The molecule has 7 nitrogen and oxygen atoms in total. The first kappa shape index (κ1) is 14.9. The molecule has 1 aromatic heterocycles. The first-order chi connectivity index (χ1) is 10.7. The zero-order valence-corrected chi connectivity index (χ0v) is 13.1. The summed E-state index contributed by atoms with van der Waals surface area (Å²) in [6, 6.07) is 1.65. The lowest BCUT2D eigenvalue weighted by Crippen LogP contribution is -2.35. The molecule has 1 amide bonds. The van der Waals surface area contributed by atoms with Crippen LogP contribution in [0.2, 0.25) is 0 Å². The van der Waals surface area contributed by atoms with Crippen LogP contribution >= 0.6 is 0 Å². The Hall–Kier alpha value is -2.05. The van der Waals surface area contributed by atoms with Crippen molar-refractivity contribution in [3.05, 3.63) is 6.07 Å². The first-order valence-electron chi connectivity index (χ1n) is 7.72. The first-order valence-corrected chi connectivity index (χ1v) is 7.72. The molecule has 3 rings (SSSR count). The molecule has 2 fully saturated rings. The quantitative estimate of drug-likeness (QED) is 0.825. The highest BCUT2D eigenvalue weighted by Crippen LogP contribution is 2.27. The fraction of sp³-hybridized carbons (Fsp3) is 0.667. The average Bonchev–Trinajstić information content (AvgIpc) is 3.25. The van der Waals surface area contributed by atoms with E-state index < -0.39 is 0 Å². The second-order valence-electron chi connectivity index (χ2n) is 5.72. The van der Waals surface area contributed by atoms with Crippen molar-refractivity contribution >= 4 is 11.9 Å². The summed E-state index contributed by atoms with van der Waals surface area (Å²) in [6.07, 6.45) is 3.09. The Kier molecular flexibility index (Phi) is 4.31. The number of hydrogen-bond acceptors (Lipinski definition) is 6. The molecule has 0 bridgehead atoms. The van der Waals surface area contributed by atoms with Crippen molar-refractivity contribution in [2.75, 3.05) is 45.3 Å². The van der Waals surface area contributed by atoms with Crippen LogP contribution in [-0.2, 0) is 4.79 Å². The normalized spacial score (nSPS) is 21.3. The summed E-state index contributed by atoms with van der Waals surface area (Å²) in [5, 5.41) is 0. The van der Waals surface area contributed by atoms with Gasteiger partial charge in [-0.3, -0.25) is 4.79 Å². The molecule has 1 aromatic rings. The van der Waals surface area contributed by atoms with Gasteiger partial charge in [-0.15, -0.1) is 0 Å². The topological polar surface area (TPSA) is 67.8 Å². The van der Waals surface area contributed by atoms with Crippen LogP contribution in [0.1, 0.15) is 19.3 Å². The molecule has 2 aliphatic rings. The van der Waals surface area contributed by atoms with Crippen LogP contribution < -0.4 is 14.4 Å². The standard InChI is InChI=1S/C15H22N4O3/c1-21-12-9-13(22-2)17-15(16-12)19-8-5-11(10-19)14(20)18-6-3-4-7-18/h9,11H,3-8,10H2,1-2H3. The minimum Gasteiger partial charge on any atom is -0.481 e. The summed E-state index contributed by atoms with van der Waals surface area (Å²) >= 11 is 0. The second kappa shape index (κ2) is 6.37. The molecule has 0 spiro atoms. The molecule has 120 valence electrons. The summed E-state index contributed by atoms with van der Waals surface area (Å²) < 4.78 is 10.4. The van der Waals surface area contributed by atoms with E-state index in [0.29, 0.717) is 24.3 Å². The molecule has 0 aliphatic carbocycles. The van der Waals surface area contributed by atoms with E-state index in [1.165, 1.54) is 0 Å². The third-order valence-electron chi connectivity index (χ3n) is 4.32. The van der Waals surface area contributed by atoms with E-state index in [9.17, 15) is 4.79 Å². The predicted molar refractivity (Wildman–Crippen MR) is 81.3 cm³/mol. The maximum atomic E-state index is 12.5. The van der Waals surface area contributed by atoms with E-state index in [4.69, 9.17) is 9.47 Å². The molecule has 2 aliphatic heterocycles. The highest BCUT2D eigenvalue weighted by atomic mass is 16.5. The smallest absolute Gasteiger partial charge is 0.231 e. The monoisotopic (exact) mass is 306 g/mol. The van der Waals surface area contributed by atoms with Gasteiger partial charge < -0.3 is 19.3 Å². The van der Waals surface area contributed by atoms with Crippen LogP contribution in [-0.4, -0.2) is 61.2 Å². The highest BCUT2D eigenvalue weighted by Gasteiger charge is 2.33. The number of nitrogens with zero attached hydrogens (tertiary/aromatic N) is 4. The van der Waals surface area contributed by atoms with Gasteiger partial charge in [0.1, 0.15) is 0 Å². The van der Waals surface area contributed by atoms with E-state index >= 15 is 0 Å². The van der Waals surface area contributed by atoms with E-state index in [1.807, 2.05) is 9.80 Å². The van der Waals surface area contributed by atoms with Crippen LogP contribution in [0.4, 0.5) is 5.95 Å².